The average Bonchev–Trinajstić information content (AvgIpc) is 3.15. The first-order chi connectivity index (χ1) is 16.9. The molecule has 2 amide bonds. The lowest BCUT2D eigenvalue weighted by atomic mass is 9.83. The molecule has 0 saturated carbocycles. The van der Waals surface area contributed by atoms with Crippen LogP contribution in [-0.2, 0) is 16.9 Å². The Morgan fingerprint density at radius 2 is 1.66 bits per heavy atom. The van der Waals surface area contributed by atoms with Crippen molar-refractivity contribution in [2.75, 3.05) is 0 Å². The van der Waals surface area contributed by atoms with Crippen LogP contribution in [0.25, 0.3) is 0 Å². The van der Waals surface area contributed by atoms with Crippen molar-refractivity contribution in [2.45, 2.75) is 25.0 Å². The molecule has 3 N–H and O–H groups in total. The van der Waals surface area contributed by atoms with Crippen molar-refractivity contribution in [1.82, 2.24) is 10.2 Å². The number of hydrogen-bond acceptors (Lipinski definition) is 4. The molecule has 176 valence electrons. The molecule has 0 unspecified atom stereocenters. The Morgan fingerprint density at radius 3 is 2.23 bits per heavy atom. The molecule has 0 spiro atoms. The van der Waals surface area contributed by atoms with E-state index in [2.05, 4.69) is 18.5 Å². The summed E-state index contributed by atoms with van der Waals surface area (Å²) in [5.74, 6) is -0.341. The zero-order valence-electron chi connectivity index (χ0n) is 19.6. The van der Waals surface area contributed by atoms with Gasteiger partial charge in [-0.05, 0) is 41.3 Å². The van der Waals surface area contributed by atoms with Crippen molar-refractivity contribution < 1.29 is 9.59 Å². The van der Waals surface area contributed by atoms with Gasteiger partial charge in [-0.25, -0.2) is 4.99 Å². The number of nitrogens with zero attached hydrogens (tertiary/aromatic N) is 2. The molecule has 6 nitrogen and oxygen atoms in total. The standard InChI is InChI=1S/C29H28N4O2/c1-4-20(2)21(3)31-26(34)23-13-11-12-22(18-23)19-33-27(35)29(32-28(33)30,24-14-7-5-8-15-24)25-16-9-6-10-17-25/h4-18,21H,1-2,19H2,3H3,(H2,30,32)(H,31,34)/t21-/m0/s1. The van der Waals surface area contributed by atoms with Gasteiger partial charge >= 0.3 is 0 Å². The fourth-order valence-corrected chi connectivity index (χ4v) is 4.18. The predicted molar refractivity (Wildman–Crippen MR) is 139 cm³/mol. The van der Waals surface area contributed by atoms with Crippen molar-refractivity contribution in [3.8, 4) is 0 Å². The van der Waals surface area contributed by atoms with Crippen molar-refractivity contribution in [1.29, 1.82) is 0 Å². The molecule has 1 heterocycles. The van der Waals surface area contributed by atoms with Gasteiger partial charge in [0.25, 0.3) is 11.8 Å². The minimum Gasteiger partial charge on any atom is -0.369 e. The number of carbonyl (C=O) groups excluding carboxylic acids is 2. The number of rotatable bonds is 8. The van der Waals surface area contributed by atoms with E-state index in [0.29, 0.717) is 5.56 Å². The molecule has 1 aliphatic rings. The van der Waals surface area contributed by atoms with Crippen LogP contribution in [0, 0.1) is 0 Å². The van der Waals surface area contributed by atoms with E-state index < -0.39 is 5.54 Å². The van der Waals surface area contributed by atoms with Crippen LogP contribution in [0.3, 0.4) is 0 Å². The third kappa shape index (κ3) is 4.51. The number of nitrogens with two attached hydrogens (primary N) is 1. The third-order valence-corrected chi connectivity index (χ3v) is 6.19. The van der Waals surface area contributed by atoms with E-state index in [1.54, 1.807) is 24.3 Å². The lowest BCUT2D eigenvalue weighted by molar-refractivity contribution is -0.130. The molecule has 3 aromatic rings. The molecule has 0 aliphatic carbocycles. The zero-order chi connectivity index (χ0) is 25.0. The Hall–Kier alpha value is -4.45. The van der Waals surface area contributed by atoms with Gasteiger partial charge in [-0.1, -0.05) is 92.0 Å². The average molecular weight is 465 g/mol. The topological polar surface area (TPSA) is 87.8 Å². The summed E-state index contributed by atoms with van der Waals surface area (Å²) in [5.41, 5.74) is 8.52. The van der Waals surface area contributed by atoms with Crippen LogP contribution in [0.15, 0.2) is 115 Å². The molecular weight excluding hydrogens is 436 g/mol. The van der Waals surface area contributed by atoms with Gasteiger partial charge in [-0.15, -0.1) is 0 Å². The monoisotopic (exact) mass is 464 g/mol. The van der Waals surface area contributed by atoms with Crippen LogP contribution in [0.2, 0.25) is 0 Å². The van der Waals surface area contributed by atoms with E-state index in [1.165, 1.54) is 4.90 Å². The Bertz CT molecular complexity index is 1260. The maximum atomic E-state index is 13.9. The van der Waals surface area contributed by atoms with Gasteiger partial charge < -0.3 is 11.1 Å². The summed E-state index contributed by atoms with van der Waals surface area (Å²) in [6.45, 7) is 9.61. The summed E-state index contributed by atoms with van der Waals surface area (Å²) < 4.78 is 0. The largest absolute Gasteiger partial charge is 0.369 e. The number of amides is 2. The summed E-state index contributed by atoms with van der Waals surface area (Å²) in [6.07, 6.45) is 1.62. The second-order valence-corrected chi connectivity index (χ2v) is 8.48. The lowest BCUT2D eigenvalue weighted by Gasteiger charge is -2.27. The van der Waals surface area contributed by atoms with Gasteiger partial charge in [0.2, 0.25) is 0 Å². The number of hydrogen-bond donors (Lipinski definition) is 2. The molecule has 0 saturated heterocycles. The second kappa shape index (κ2) is 9.81. The third-order valence-electron chi connectivity index (χ3n) is 6.19. The second-order valence-electron chi connectivity index (χ2n) is 8.48. The summed E-state index contributed by atoms with van der Waals surface area (Å²) in [4.78, 5) is 32.9. The van der Waals surface area contributed by atoms with Crippen molar-refractivity contribution in [3.63, 3.8) is 0 Å². The van der Waals surface area contributed by atoms with E-state index in [4.69, 9.17) is 10.7 Å². The number of carbonyl (C=O) groups is 2. The maximum absolute atomic E-state index is 13.9. The Kier molecular flexibility index (Phi) is 6.64. The highest BCUT2D eigenvalue weighted by molar-refractivity contribution is 6.09. The summed E-state index contributed by atoms with van der Waals surface area (Å²) in [6, 6.07) is 25.7. The molecule has 4 rings (SSSR count). The van der Waals surface area contributed by atoms with E-state index in [-0.39, 0.29) is 30.4 Å². The Morgan fingerprint density at radius 1 is 1.06 bits per heavy atom. The van der Waals surface area contributed by atoms with E-state index >= 15 is 0 Å². The molecular formula is C29H28N4O2. The summed E-state index contributed by atoms with van der Waals surface area (Å²) in [7, 11) is 0. The highest BCUT2D eigenvalue weighted by atomic mass is 16.2. The molecule has 3 aromatic carbocycles. The normalized spacial score (nSPS) is 15.3. The SMILES string of the molecule is C=CC(=C)[C@H](C)NC(=O)c1cccc(CN2C(=O)C(c3ccccc3)(c3ccccc3)N=C2N)c1. The van der Waals surface area contributed by atoms with Crippen LogP contribution in [0.4, 0.5) is 0 Å². The number of guanidine groups is 1. The Labute approximate surface area is 205 Å². The number of benzene rings is 3. The van der Waals surface area contributed by atoms with Crippen molar-refractivity contribution in [2.24, 2.45) is 10.7 Å². The van der Waals surface area contributed by atoms with Crippen LogP contribution >= 0.6 is 0 Å². The highest BCUT2D eigenvalue weighted by Crippen LogP contribution is 2.39. The van der Waals surface area contributed by atoms with Gasteiger partial charge in [-0.2, -0.15) is 0 Å². The number of nitrogens with one attached hydrogen (secondary N) is 1. The first-order valence-corrected chi connectivity index (χ1v) is 11.4. The van der Waals surface area contributed by atoms with Gasteiger partial charge in [-0.3, -0.25) is 14.5 Å². The van der Waals surface area contributed by atoms with Gasteiger partial charge in [0.1, 0.15) is 0 Å². The minimum atomic E-state index is -1.26. The number of aliphatic imine (C=N–C) groups is 1. The van der Waals surface area contributed by atoms with Crippen molar-refractivity contribution >= 4 is 17.8 Å². The fourth-order valence-electron chi connectivity index (χ4n) is 4.18. The van der Waals surface area contributed by atoms with E-state index in [0.717, 1.165) is 22.3 Å². The molecule has 35 heavy (non-hydrogen) atoms. The summed E-state index contributed by atoms with van der Waals surface area (Å²) >= 11 is 0. The van der Waals surface area contributed by atoms with Crippen LogP contribution in [0.1, 0.15) is 34.0 Å². The molecule has 1 atom stereocenters. The highest BCUT2D eigenvalue weighted by Gasteiger charge is 2.50. The molecule has 0 bridgehead atoms. The zero-order valence-corrected chi connectivity index (χ0v) is 19.6. The van der Waals surface area contributed by atoms with E-state index in [9.17, 15) is 9.59 Å². The molecule has 0 aromatic heterocycles. The predicted octanol–water partition coefficient (Wildman–Crippen LogP) is 4.15. The fraction of sp³-hybridized carbons (Fsp3) is 0.138. The van der Waals surface area contributed by atoms with E-state index in [1.807, 2.05) is 73.7 Å². The minimum absolute atomic E-state index is 0.133. The van der Waals surface area contributed by atoms with Crippen LogP contribution < -0.4 is 11.1 Å². The van der Waals surface area contributed by atoms with Crippen molar-refractivity contribution in [3.05, 3.63) is 132 Å². The quantitative estimate of drug-likeness (QED) is 0.491. The first-order valence-electron chi connectivity index (χ1n) is 11.4. The molecule has 0 radical (unpaired) electrons. The van der Waals surface area contributed by atoms with Crippen LogP contribution in [0.5, 0.6) is 0 Å². The summed E-state index contributed by atoms with van der Waals surface area (Å²) in [5, 5.41) is 2.90. The molecule has 0 fully saturated rings. The Balaban J connectivity index is 1.63. The van der Waals surface area contributed by atoms with Crippen LogP contribution in [-0.4, -0.2) is 28.7 Å². The van der Waals surface area contributed by atoms with Gasteiger partial charge in [0, 0.05) is 5.56 Å². The maximum Gasteiger partial charge on any atom is 0.266 e. The van der Waals surface area contributed by atoms with Gasteiger partial charge in [0.15, 0.2) is 11.5 Å². The smallest absolute Gasteiger partial charge is 0.266 e. The molecule has 1 aliphatic heterocycles. The molecule has 6 heteroatoms. The lowest BCUT2D eigenvalue weighted by Crippen LogP contribution is -2.43. The first kappa shape index (κ1) is 23.7. The van der Waals surface area contributed by atoms with Gasteiger partial charge in [0.05, 0.1) is 12.6 Å².